The molecule has 0 saturated carbocycles. The number of hydrogen-bond donors (Lipinski definition) is 2. The van der Waals surface area contributed by atoms with Crippen LogP contribution in [0.5, 0.6) is 0 Å². The second-order valence-electron chi connectivity index (χ2n) is 6.45. The van der Waals surface area contributed by atoms with Gasteiger partial charge in [0.1, 0.15) is 0 Å². The molecule has 3 rings (SSSR count). The van der Waals surface area contributed by atoms with Crippen molar-refractivity contribution in [3.05, 3.63) is 59.7 Å². The van der Waals surface area contributed by atoms with Crippen LogP contribution in [0.15, 0.2) is 58.4 Å². The summed E-state index contributed by atoms with van der Waals surface area (Å²) in [6.45, 7) is 3.62. The fourth-order valence-electron chi connectivity index (χ4n) is 2.85. The zero-order chi connectivity index (χ0) is 18.6. The van der Waals surface area contributed by atoms with Crippen LogP contribution in [0.1, 0.15) is 24.0 Å². The Labute approximate surface area is 177 Å². The van der Waals surface area contributed by atoms with Crippen LogP contribution in [0.2, 0.25) is 0 Å². The smallest absolute Gasteiger partial charge is 0.243 e. The summed E-state index contributed by atoms with van der Waals surface area (Å²) in [6.07, 6.45) is 1.86. The molecule has 3 N–H and O–H groups in total. The number of nitrogens with one attached hydrogen (secondary N) is 1. The first-order valence-electron chi connectivity index (χ1n) is 8.68. The normalized spacial score (nSPS) is 15.4. The monoisotopic (exact) mass is 500 g/mol. The third-order valence-corrected chi connectivity index (χ3v) is 6.29. The van der Waals surface area contributed by atoms with Crippen molar-refractivity contribution in [2.45, 2.75) is 31.2 Å². The maximum atomic E-state index is 12.5. The zero-order valence-electron chi connectivity index (χ0n) is 15.3. The minimum absolute atomic E-state index is 0. The van der Waals surface area contributed by atoms with Gasteiger partial charge in [0.15, 0.2) is 5.96 Å². The van der Waals surface area contributed by atoms with E-state index in [2.05, 4.69) is 10.3 Å². The fraction of sp³-hybridized carbons (Fsp3) is 0.316. The highest BCUT2D eigenvalue weighted by Gasteiger charge is 2.26. The number of guanidine groups is 1. The maximum Gasteiger partial charge on any atom is 0.243 e. The fourth-order valence-corrected chi connectivity index (χ4v) is 4.36. The number of rotatable bonds is 5. The summed E-state index contributed by atoms with van der Waals surface area (Å²) >= 11 is 0. The molecule has 0 spiro atoms. The van der Waals surface area contributed by atoms with Gasteiger partial charge in [-0.2, -0.15) is 4.31 Å². The van der Waals surface area contributed by atoms with E-state index in [0.29, 0.717) is 30.5 Å². The average Bonchev–Trinajstić information content (AvgIpc) is 3.18. The van der Waals surface area contributed by atoms with Gasteiger partial charge in [0, 0.05) is 18.8 Å². The number of hydrogen-bond acceptors (Lipinski definition) is 3. The van der Waals surface area contributed by atoms with Gasteiger partial charge >= 0.3 is 0 Å². The van der Waals surface area contributed by atoms with Gasteiger partial charge in [0.25, 0.3) is 0 Å². The Bertz CT molecular complexity index is 875. The highest BCUT2D eigenvalue weighted by molar-refractivity contribution is 14.0. The van der Waals surface area contributed by atoms with E-state index in [1.807, 2.05) is 31.2 Å². The molecule has 27 heavy (non-hydrogen) atoms. The number of nitrogens with two attached hydrogens (primary N) is 1. The summed E-state index contributed by atoms with van der Waals surface area (Å²) in [4.78, 5) is 4.64. The molecule has 0 atom stereocenters. The molecule has 1 aliphatic rings. The van der Waals surface area contributed by atoms with Crippen molar-refractivity contribution >= 4 is 45.6 Å². The summed E-state index contributed by atoms with van der Waals surface area (Å²) in [5.74, 6) is 0.322. The molecule has 0 radical (unpaired) electrons. The third-order valence-electron chi connectivity index (χ3n) is 4.38. The van der Waals surface area contributed by atoms with Crippen LogP contribution in [0.3, 0.4) is 0 Å². The Kier molecular flexibility index (Phi) is 7.63. The van der Waals surface area contributed by atoms with Crippen molar-refractivity contribution in [3.8, 4) is 0 Å². The molecule has 146 valence electrons. The molecule has 6 nitrogen and oxygen atoms in total. The molecule has 0 amide bonds. The minimum Gasteiger partial charge on any atom is -0.370 e. The minimum atomic E-state index is -3.37. The van der Waals surface area contributed by atoms with Gasteiger partial charge in [-0.25, -0.2) is 13.4 Å². The predicted molar refractivity (Wildman–Crippen MR) is 120 cm³/mol. The van der Waals surface area contributed by atoms with E-state index in [0.717, 1.165) is 24.1 Å². The number of nitrogens with zero attached hydrogens (tertiary/aromatic N) is 2. The molecule has 2 aromatic carbocycles. The average molecular weight is 500 g/mol. The molecule has 0 aromatic heterocycles. The van der Waals surface area contributed by atoms with E-state index in [1.165, 1.54) is 5.56 Å². The first-order valence-corrected chi connectivity index (χ1v) is 10.1. The first-order chi connectivity index (χ1) is 12.4. The number of benzene rings is 2. The topological polar surface area (TPSA) is 87.8 Å². The van der Waals surface area contributed by atoms with E-state index < -0.39 is 10.0 Å². The van der Waals surface area contributed by atoms with Crippen LogP contribution in [-0.2, 0) is 16.6 Å². The summed E-state index contributed by atoms with van der Waals surface area (Å²) in [6, 6.07) is 14.7. The summed E-state index contributed by atoms with van der Waals surface area (Å²) in [5, 5.41) is 3.04. The Balaban J connectivity index is 0.00000261. The first kappa shape index (κ1) is 21.6. The van der Waals surface area contributed by atoms with Crippen LogP contribution in [0.25, 0.3) is 0 Å². The second kappa shape index (κ2) is 9.52. The Hall–Kier alpha value is -1.65. The molecular formula is C19H25IN4O2S. The maximum absolute atomic E-state index is 12.5. The highest BCUT2D eigenvalue weighted by Crippen LogP contribution is 2.21. The van der Waals surface area contributed by atoms with Crippen LogP contribution >= 0.6 is 24.0 Å². The largest absolute Gasteiger partial charge is 0.370 e. The van der Waals surface area contributed by atoms with Crippen molar-refractivity contribution in [1.29, 1.82) is 0 Å². The Morgan fingerprint density at radius 2 is 1.67 bits per heavy atom. The van der Waals surface area contributed by atoms with E-state index >= 15 is 0 Å². The van der Waals surface area contributed by atoms with Crippen molar-refractivity contribution in [1.82, 2.24) is 4.31 Å². The van der Waals surface area contributed by atoms with E-state index in [1.54, 1.807) is 28.6 Å². The quantitative estimate of drug-likeness (QED) is 0.375. The van der Waals surface area contributed by atoms with Gasteiger partial charge in [-0.15, -0.1) is 24.0 Å². The molecule has 8 heteroatoms. The van der Waals surface area contributed by atoms with E-state index in [4.69, 9.17) is 5.73 Å². The molecule has 1 saturated heterocycles. The van der Waals surface area contributed by atoms with Crippen molar-refractivity contribution in [2.75, 3.05) is 18.4 Å². The van der Waals surface area contributed by atoms with Gasteiger partial charge in [0.05, 0.1) is 11.4 Å². The molecule has 2 aromatic rings. The molecular weight excluding hydrogens is 475 g/mol. The summed E-state index contributed by atoms with van der Waals surface area (Å²) < 4.78 is 26.6. The summed E-state index contributed by atoms with van der Waals surface area (Å²) in [7, 11) is -3.37. The van der Waals surface area contributed by atoms with Crippen molar-refractivity contribution < 1.29 is 8.42 Å². The van der Waals surface area contributed by atoms with Crippen LogP contribution < -0.4 is 11.1 Å². The molecule has 0 unspecified atom stereocenters. The van der Waals surface area contributed by atoms with Crippen LogP contribution in [0, 0.1) is 6.92 Å². The van der Waals surface area contributed by atoms with Gasteiger partial charge < -0.3 is 11.1 Å². The van der Waals surface area contributed by atoms with Crippen LogP contribution in [0.4, 0.5) is 5.69 Å². The lowest BCUT2D eigenvalue weighted by Crippen LogP contribution is -2.27. The Morgan fingerprint density at radius 3 is 2.26 bits per heavy atom. The number of aryl methyl sites for hydroxylation is 1. The lowest BCUT2D eigenvalue weighted by atomic mass is 10.2. The lowest BCUT2D eigenvalue weighted by molar-refractivity contribution is 0.477. The molecule has 0 aliphatic carbocycles. The van der Waals surface area contributed by atoms with Crippen LogP contribution in [-0.4, -0.2) is 31.8 Å². The lowest BCUT2D eigenvalue weighted by Gasteiger charge is -2.15. The van der Waals surface area contributed by atoms with Gasteiger partial charge in [-0.1, -0.05) is 29.8 Å². The third kappa shape index (κ3) is 5.66. The van der Waals surface area contributed by atoms with Crippen molar-refractivity contribution in [3.63, 3.8) is 0 Å². The Morgan fingerprint density at radius 1 is 1.07 bits per heavy atom. The van der Waals surface area contributed by atoms with Gasteiger partial charge in [0.2, 0.25) is 10.0 Å². The number of aliphatic imine (C=N–C) groups is 1. The van der Waals surface area contributed by atoms with Gasteiger partial charge in [-0.3, -0.25) is 0 Å². The standard InChI is InChI=1S/C19H24N4O2S.HI/c1-15-4-8-17(9-5-15)22-19(20)21-14-16-6-10-18(11-7-16)26(24,25)23-12-2-3-13-23;/h4-11H,2-3,12-14H2,1H3,(H3,20,21,22);1H. The molecule has 1 heterocycles. The number of sulfonamides is 1. The number of anilines is 1. The highest BCUT2D eigenvalue weighted by atomic mass is 127. The van der Waals surface area contributed by atoms with E-state index in [9.17, 15) is 8.42 Å². The molecule has 0 bridgehead atoms. The molecule has 1 aliphatic heterocycles. The van der Waals surface area contributed by atoms with Crippen molar-refractivity contribution in [2.24, 2.45) is 10.7 Å². The van der Waals surface area contributed by atoms with E-state index in [-0.39, 0.29) is 24.0 Å². The predicted octanol–water partition coefficient (Wildman–Crippen LogP) is 3.32. The SMILES string of the molecule is Cc1ccc(NC(N)=NCc2ccc(S(=O)(=O)N3CCCC3)cc2)cc1.I. The molecule has 1 fully saturated rings. The summed E-state index contributed by atoms with van der Waals surface area (Å²) in [5.41, 5.74) is 8.87. The second-order valence-corrected chi connectivity index (χ2v) is 8.39. The zero-order valence-corrected chi connectivity index (χ0v) is 18.4. The number of halogens is 1. The van der Waals surface area contributed by atoms with Gasteiger partial charge in [-0.05, 0) is 49.6 Å².